The SMILES string of the molecule is CCC(O)(CC)CNC(=O)Nc1ccc(Cl)cc1C. The molecule has 106 valence electrons. The Labute approximate surface area is 119 Å². The first-order valence-corrected chi connectivity index (χ1v) is 6.81. The lowest BCUT2D eigenvalue weighted by Gasteiger charge is -2.25. The average molecular weight is 285 g/mol. The Hall–Kier alpha value is -1.26. The van der Waals surface area contributed by atoms with Gasteiger partial charge in [-0.15, -0.1) is 0 Å². The van der Waals surface area contributed by atoms with Gasteiger partial charge in [0.1, 0.15) is 0 Å². The van der Waals surface area contributed by atoms with Crippen LogP contribution in [0, 0.1) is 6.92 Å². The number of amides is 2. The van der Waals surface area contributed by atoms with Crippen LogP contribution in [0.4, 0.5) is 10.5 Å². The Morgan fingerprint density at radius 3 is 2.53 bits per heavy atom. The lowest BCUT2D eigenvalue weighted by molar-refractivity contribution is 0.0354. The lowest BCUT2D eigenvalue weighted by atomic mass is 9.98. The van der Waals surface area contributed by atoms with Crippen LogP contribution in [0.2, 0.25) is 5.02 Å². The third kappa shape index (κ3) is 4.73. The molecule has 1 rings (SSSR count). The van der Waals surface area contributed by atoms with E-state index in [1.807, 2.05) is 20.8 Å². The highest BCUT2D eigenvalue weighted by Gasteiger charge is 2.22. The fraction of sp³-hybridized carbons (Fsp3) is 0.500. The Kier molecular flexibility index (Phi) is 5.63. The number of carbonyl (C=O) groups is 1. The summed E-state index contributed by atoms with van der Waals surface area (Å²) in [4.78, 5) is 11.8. The fourth-order valence-electron chi connectivity index (χ4n) is 1.68. The van der Waals surface area contributed by atoms with E-state index in [0.717, 1.165) is 5.56 Å². The molecule has 19 heavy (non-hydrogen) atoms. The number of aliphatic hydroxyl groups is 1. The van der Waals surface area contributed by atoms with E-state index in [1.165, 1.54) is 0 Å². The van der Waals surface area contributed by atoms with Gasteiger partial charge in [0, 0.05) is 17.3 Å². The highest BCUT2D eigenvalue weighted by atomic mass is 35.5. The quantitative estimate of drug-likeness (QED) is 0.777. The molecule has 0 atom stereocenters. The van der Waals surface area contributed by atoms with Crippen LogP contribution in [0.1, 0.15) is 32.3 Å². The highest BCUT2D eigenvalue weighted by Crippen LogP contribution is 2.19. The highest BCUT2D eigenvalue weighted by molar-refractivity contribution is 6.30. The summed E-state index contributed by atoms with van der Waals surface area (Å²) in [6, 6.07) is 4.93. The first kappa shape index (κ1) is 15.8. The number of aryl methyl sites for hydroxylation is 1. The van der Waals surface area contributed by atoms with Crippen LogP contribution in [0.25, 0.3) is 0 Å². The largest absolute Gasteiger partial charge is 0.388 e. The van der Waals surface area contributed by atoms with E-state index in [1.54, 1.807) is 18.2 Å². The Balaban J connectivity index is 2.56. The number of nitrogens with one attached hydrogen (secondary N) is 2. The number of hydrogen-bond donors (Lipinski definition) is 3. The minimum Gasteiger partial charge on any atom is -0.388 e. The smallest absolute Gasteiger partial charge is 0.319 e. The van der Waals surface area contributed by atoms with Crippen LogP contribution in [0.5, 0.6) is 0 Å². The van der Waals surface area contributed by atoms with Crippen LogP contribution < -0.4 is 10.6 Å². The standard InChI is InChI=1S/C14H21ClN2O2/c1-4-14(19,5-2)9-16-13(18)17-12-7-6-11(15)8-10(12)3/h6-8,19H,4-5,9H2,1-3H3,(H2,16,17,18). The molecule has 0 heterocycles. The molecular formula is C14H21ClN2O2. The van der Waals surface area contributed by atoms with Gasteiger partial charge in [0.2, 0.25) is 0 Å². The summed E-state index contributed by atoms with van der Waals surface area (Å²) in [5, 5.41) is 16.1. The molecule has 0 radical (unpaired) electrons. The number of rotatable bonds is 5. The fourth-order valence-corrected chi connectivity index (χ4v) is 1.91. The summed E-state index contributed by atoms with van der Waals surface area (Å²) in [7, 11) is 0. The van der Waals surface area contributed by atoms with Gasteiger partial charge < -0.3 is 15.7 Å². The van der Waals surface area contributed by atoms with Crippen molar-refractivity contribution in [2.75, 3.05) is 11.9 Å². The molecule has 0 unspecified atom stereocenters. The Morgan fingerprint density at radius 1 is 1.37 bits per heavy atom. The van der Waals surface area contributed by atoms with Gasteiger partial charge >= 0.3 is 6.03 Å². The molecule has 1 aromatic rings. The van der Waals surface area contributed by atoms with Crippen LogP contribution in [0.3, 0.4) is 0 Å². The van der Waals surface area contributed by atoms with E-state index in [2.05, 4.69) is 10.6 Å². The van der Waals surface area contributed by atoms with Gasteiger partial charge in [-0.05, 0) is 43.5 Å². The monoisotopic (exact) mass is 284 g/mol. The normalized spacial score (nSPS) is 11.2. The number of halogens is 1. The zero-order chi connectivity index (χ0) is 14.5. The molecular weight excluding hydrogens is 264 g/mol. The van der Waals surface area contributed by atoms with E-state index in [4.69, 9.17) is 11.6 Å². The average Bonchev–Trinajstić information content (AvgIpc) is 2.39. The molecule has 0 aliphatic carbocycles. The second-order valence-electron chi connectivity index (χ2n) is 4.70. The topological polar surface area (TPSA) is 61.4 Å². The molecule has 2 amide bonds. The summed E-state index contributed by atoms with van der Waals surface area (Å²) in [6.07, 6.45) is 1.20. The molecule has 0 bridgehead atoms. The van der Waals surface area contributed by atoms with Crippen molar-refractivity contribution in [1.29, 1.82) is 0 Å². The predicted octanol–water partition coefficient (Wildman–Crippen LogP) is 3.32. The number of benzene rings is 1. The second-order valence-corrected chi connectivity index (χ2v) is 5.13. The van der Waals surface area contributed by atoms with E-state index >= 15 is 0 Å². The van der Waals surface area contributed by atoms with Crippen molar-refractivity contribution in [3.8, 4) is 0 Å². The van der Waals surface area contributed by atoms with Crippen molar-refractivity contribution in [3.63, 3.8) is 0 Å². The summed E-state index contributed by atoms with van der Waals surface area (Å²) in [5.74, 6) is 0. The number of hydrogen-bond acceptors (Lipinski definition) is 2. The summed E-state index contributed by atoms with van der Waals surface area (Å²) < 4.78 is 0. The van der Waals surface area contributed by atoms with Gasteiger partial charge in [-0.3, -0.25) is 0 Å². The van der Waals surface area contributed by atoms with Crippen molar-refractivity contribution in [1.82, 2.24) is 5.32 Å². The van der Waals surface area contributed by atoms with E-state index in [-0.39, 0.29) is 12.6 Å². The molecule has 0 aliphatic heterocycles. The van der Waals surface area contributed by atoms with Crippen molar-refractivity contribution in [3.05, 3.63) is 28.8 Å². The molecule has 0 fully saturated rings. The van der Waals surface area contributed by atoms with Gasteiger partial charge in [0.25, 0.3) is 0 Å². The van der Waals surface area contributed by atoms with E-state index in [0.29, 0.717) is 23.6 Å². The van der Waals surface area contributed by atoms with Gasteiger partial charge in [0.05, 0.1) is 5.60 Å². The number of carbonyl (C=O) groups excluding carboxylic acids is 1. The summed E-state index contributed by atoms with van der Waals surface area (Å²) >= 11 is 5.85. The second kappa shape index (κ2) is 6.78. The molecule has 5 heteroatoms. The lowest BCUT2D eigenvalue weighted by Crippen LogP contribution is -2.43. The third-order valence-electron chi connectivity index (χ3n) is 3.33. The van der Waals surface area contributed by atoms with Gasteiger partial charge in [-0.25, -0.2) is 4.79 Å². The molecule has 3 N–H and O–H groups in total. The minimum atomic E-state index is -0.841. The predicted molar refractivity (Wildman–Crippen MR) is 78.7 cm³/mol. The zero-order valence-electron chi connectivity index (χ0n) is 11.6. The maximum atomic E-state index is 11.8. The Morgan fingerprint density at radius 2 is 2.00 bits per heavy atom. The summed E-state index contributed by atoms with van der Waals surface area (Å²) in [6.45, 7) is 5.90. The third-order valence-corrected chi connectivity index (χ3v) is 3.57. The molecule has 0 aliphatic rings. The first-order chi connectivity index (χ1) is 8.90. The van der Waals surface area contributed by atoms with E-state index in [9.17, 15) is 9.90 Å². The van der Waals surface area contributed by atoms with Crippen LogP contribution in [-0.4, -0.2) is 23.3 Å². The van der Waals surface area contributed by atoms with Gasteiger partial charge in [0.15, 0.2) is 0 Å². The first-order valence-electron chi connectivity index (χ1n) is 6.43. The van der Waals surface area contributed by atoms with Crippen molar-refractivity contribution >= 4 is 23.3 Å². The van der Waals surface area contributed by atoms with Crippen molar-refractivity contribution < 1.29 is 9.90 Å². The van der Waals surface area contributed by atoms with Gasteiger partial charge in [-0.2, -0.15) is 0 Å². The maximum Gasteiger partial charge on any atom is 0.319 e. The molecule has 0 aromatic heterocycles. The Bertz CT molecular complexity index is 445. The minimum absolute atomic E-state index is 0.235. The molecule has 0 saturated carbocycles. The number of urea groups is 1. The molecule has 0 spiro atoms. The van der Waals surface area contributed by atoms with Crippen LogP contribution in [0.15, 0.2) is 18.2 Å². The van der Waals surface area contributed by atoms with Crippen molar-refractivity contribution in [2.45, 2.75) is 39.2 Å². The zero-order valence-corrected chi connectivity index (χ0v) is 12.3. The van der Waals surface area contributed by atoms with E-state index < -0.39 is 5.60 Å². The molecule has 4 nitrogen and oxygen atoms in total. The van der Waals surface area contributed by atoms with Crippen LogP contribution in [-0.2, 0) is 0 Å². The summed E-state index contributed by atoms with van der Waals surface area (Å²) in [5.41, 5.74) is 0.758. The van der Waals surface area contributed by atoms with Crippen LogP contribution >= 0.6 is 11.6 Å². The maximum absolute atomic E-state index is 11.8. The van der Waals surface area contributed by atoms with Gasteiger partial charge in [-0.1, -0.05) is 25.4 Å². The van der Waals surface area contributed by atoms with Crippen molar-refractivity contribution in [2.24, 2.45) is 0 Å². The number of anilines is 1. The molecule has 0 saturated heterocycles. The molecule has 1 aromatic carbocycles.